The number of aromatic amines is 1. The van der Waals surface area contributed by atoms with Gasteiger partial charge in [-0.15, -0.1) is 0 Å². The number of anilines is 1. The molecule has 6 heteroatoms. The van der Waals surface area contributed by atoms with Gasteiger partial charge in [-0.25, -0.2) is 4.98 Å². The summed E-state index contributed by atoms with van der Waals surface area (Å²) in [5, 5.41) is 11.7. The van der Waals surface area contributed by atoms with Crippen molar-refractivity contribution in [2.75, 3.05) is 5.32 Å². The largest absolute Gasteiger partial charge is 0.481 e. The fourth-order valence-corrected chi connectivity index (χ4v) is 2.97. The highest BCUT2D eigenvalue weighted by Gasteiger charge is 2.48. The van der Waals surface area contributed by atoms with E-state index in [1.807, 2.05) is 18.2 Å². The zero-order chi connectivity index (χ0) is 15.3. The van der Waals surface area contributed by atoms with E-state index in [4.69, 9.17) is 5.11 Å². The van der Waals surface area contributed by atoms with Gasteiger partial charge in [-0.2, -0.15) is 0 Å². The quantitative estimate of drug-likeness (QED) is 0.808. The number of rotatable bonds is 4. The molecule has 2 aliphatic rings. The molecule has 0 radical (unpaired) electrons. The lowest BCUT2D eigenvalue weighted by Crippen LogP contribution is -2.16. The van der Waals surface area contributed by atoms with E-state index in [9.17, 15) is 9.59 Å². The molecule has 0 aliphatic heterocycles. The number of carbonyl (C=O) groups excluding carboxylic acids is 1. The summed E-state index contributed by atoms with van der Waals surface area (Å²) in [5.74, 6) is -0.479. The van der Waals surface area contributed by atoms with Gasteiger partial charge < -0.3 is 15.4 Å². The first-order valence-electron chi connectivity index (χ1n) is 7.65. The van der Waals surface area contributed by atoms with Crippen LogP contribution in [0.3, 0.4) is 0 Å². The second kappa shape index (κ2) is 4.83. The number of carbonyl (C=O) groups is 2. The van der Waals surface area contributed by atoms with Crippen molar-refractivity contribution in [3.8, 4) is 0 Å². The topological polar surface area (TPSA) is 95.1 Å². The van der Waals surface area contributed by atoms with E-state index in [-0.39, 0.29) is 5.91 Å². The van der Waals surface area contributed by atoms with Gasteiger partial charge in [0.05, 0.1) is 22.9 Å². The molecule has 1 aromatic heterocycles. The van der Waals surface area contributed by atoms with Crippen molar-refractivity contribution < 1.29 is 14.7 Å². The first-order chi connectivity index (χ1) is 10.6. The lowest BCUT2D eigenvalue weighted by molar-refractivity contribution is -0.139. The van der Waals surface area contributed by atoms with Crippen LogP contribution in [-0.4, -0.2) is 27.0 Å². The number of amides is 1. The highest BCUT2D eigenvalue weighted by Crippen LogP contribution is 2.39. The number of hydrogen-bond acceptors (Lipinski definition) is 3. The molecule has 6 nitrogen and oxygen atoms in total. The van der Waals surface area contributed by atoms with Crippen LogP contribution in [0.25, 0.3) is 11.0 Å². The summed E-state index contributed by atoms with van der Waals surface area (Å²) >= 11 is 0. The van der Waals surface area contributed by atoms with Crippen molar-refractivity contribution in [1.29, 1.82) is 0 Å². The van der Waals surface area contributed by atoms with Crippen molar-refractivity contribution in [2.45, 2.75) is 31.6 Å². The molecule has 2 fully saturated rings. The summed E-state index contributed by atoms with van der Waals surface area (Å²) in [7, 11) is 0. The lowest BCUT2D eigenvalue weighted by atomic mass is 9.85. The Morgan fingerprint density at radius 3 is 2.73 bits per heavy atom. The van der Waals surface area contributed by atoms with Crippen LogP contribution in [0.5, 0.6) is 0 Å². The van der Waals surface area contributed by atoms with E-state index in [1.54, 1.807) is 0 Å². The Labute approximate surface area is 126 Å². The van der Waals surface area contributed by atoms with Crippen LogP contribution in [0.15, 0.2) is 18.2 Å². The van der Waals surface area contributed by atoms with E-state index >= 15 is 0 Å². The zero-order valence-corrected chi connectivity index (χ0v) is 12.0. The number of hydrogen-bond donors (Lipinski definition) is 3. The number of carboxylic acid groups (broad SMARTS) is 1. The van der Waals surface area contributed by atoms with E-state index in [1.165, 1.54) is 19.3 Å². The Bertz CT molecular complexity index is 763. The number of H-pyrrole nitrogens is 1. The summed E-state index contributed by atoms with van der Waals surface area (Å²) in [6, 6.07) is 5.55. The predicted molar refractivity (Wildman–Crippen MR) is 80.5 cm³/mol. The molecule has 1 aromatic carbocycles. The van der Waals surface area contributed by atoms with Crippen LogP contribution in [0.2, 0.25) is 0 Å². The number of aliphatic carboxylic acids is 1. The van der Waals surface area contributed by atoms with Crippen LogP contribution in [-0.2, 0) is 9.59 Å². The van der Waals surface area contributed by atoms with Crippen molar-refractivity contribution in [3.63, 3.8) is 0 Å². The molecule has 1 amide bonds. The van der Waals surface area contributed by atoms with E-state index < -0.39 is 17.8 Å². The summed E-state index contributed by atoms with van der Waals surface area (Å²) in [4.78, 5) is 30.7. The monoisotopic (exact) mass is 299 g/mol. The van der Waals surface area contributed by atoms with Crippen LogP contribution < -0.4 is 5.32 Å². The Hall–Kier alpha value is -2.37. The third kappa shape index (κ3) is 2.24. The molecular weight excluding hydrogens is 282 g/mol. The van der Waals surface area contributed by atoms with E-state index in [2.05, 4.69) is 15.3 Å². The van der Waals surface area contributed by atoms with Gasteiger partial charge in [0.15, 0.2) is 0 Å². The summed E-state index contributed by atoms with van der Waals surface area (Å²) < 4.78 is 0. The van der Waals surface area contributed by atoms with Gasteiger partial charge in [-0.05, 0) is 37.5 Å². The van der Waals surface area contributed by atoms with Gasteiger partial charge in [0.2, 0.25) is 5.91 Å². The van der Waals surface area contributed by atoms with Crippen molar-refractivity contribution in [2.24, 2.45) is 11.8 Å². The second-order valence-electron chi connectivity index (χ2n) is 6.26. The number of nitrogens with one attached hydrogen (secondary N) is 2. The number of benzene rings is 1. The van der Waals surface area contributed by atoms with Gasteiger partial charge >= 0.3 is 5.97 Å². The first-order valence-corrected chi connectivity index (χ1v) is 7.65. The van der Waals surface area contributed by atoms with E-state index in [0.717, 1.165) is 16.9 Å². The fraction of sp³-hybridized carbons (Fsp3) is 0.438. The Kier molecular flexibility index (Phi) is 2.92. The van der Waals surface area contributed by atoms with Gasteiger partial charge in [0.1, 0.15) is 5.82 Å². The molecule has 2 saturated carbocycles. The first kappa shape index (κ1) is 13.3. The molecule has 0 saturated heterocycles. The summed E-state index contributed by atoms with van der Waals surface area (Å²) in [6.45, 7) is 0. The molecule has 2 unspecified atom stereocenters. The van der Waals surface area contributed by atoms with Crippen molar-refractivity contribution in [1.82, 2.24) is 9.97 Å². The zero-order valence-electron chi connectivity index (χ0n) is 12.0. The number of carboxylic acids is 1. The van der Waals surface area contributed by atoms with Crippen LogP contribution in [0.4, 0.5) is 5.69 Å². The average molecular weight is 299 g/mol. The fourth-order valence-electron chi connectivity index (χ4n) is 2.97. The smallest absolute Gasteiger partial charge is 0.307 e. The molecule has 0 bridgehead atoms. The molecule has 2 aromatic rings. The number of nitrogens with zero attached hydrogens (tertiary/aromatic N) is 1. The molecule has 114 valence electrons. The van der Waals surface area contributed by atoms with Crippen LogP contribution >= 0.6 is 0 Å². The Morgan fingerprint density at radius 1 is 1.27 bits per heavy atom. The lowest BCUT2D eigenvalue weighted by Gasteiger charge is -2.22. The average Bonchev–Trinajstić information content (AvgIpc) is 3.12. The molecule has 22 heavy (non-hydrogen) atoms. The van der Waals surface area contributed by atoms with E-state index in [0.29, 0.717) is 18.0 Å². The molecular formula is C16H17N3O3. The van der Waals surface area contributed by atoms with Gasteiger partial charge in [-0.3, -0.25) is 9.59 Å². The minimum Gasteiger partial charge on any atom is -0.481 e. The minimum atomic E-state index is -0.894. The maximum Gasteiger partial charge on any atom is 0.307 e. The molecule has 2 aliphatic carbocycles. The van der Waals surface area contributed by atoms with Crippen molar-refractivity contribution in [3.05, 3.63) is 24.0 Å². The Morgan fingerprint density at radius 2 is 2.09 bits per heavy atom. The molecule has 3 N–H and O–H groups in total. The Balaban J connectivity index is 1.50. The standard InChI is InChI=1S/C16H17N3O3/c20-15(10-7-11(10)16(21)22)17-9-4-5-12-13(6-9)19-14(18-12)8-2-1-3-8/h4-6,8,10-11H,1-3,7H2,(H,17,20)(H,18,19)(H,21,22). The third-order valence-electron chi connectivity index (χ3n) is 4.70. The third-order valence-corrected chi connectivity index (χ3v) is 4.70. The highest BCUT2D eigenvalue weighted by molar-refractivity contribution is 5.99. The normalized spacial score (nSPS) is 24.0. The van der Waals surface area contributed by atoms with Gasteiger partial charge in [-0.1, -0.05) is 6.42 Å². The molecule has 4 rings (SSSR count). The second-order valence-corrected chi connectivity index (χ2v) is 6.26. The molecule has 0 spiro atoms. The number of aromatic nitrogens is 2. The van der Waals surface area contributed by atoms with Gasteiger partial charge in [0, 0.05) is 11.6 Å². The van der Waals surface area contributed by atoms with Crippen molar-refractivity contribution >= 4 is 28.6 Å². The predicted octanol–water partition coefficient (Wildman–Crippen LogP) is 2.49. The SMILES string of the molecule is O=C(O)C1CC1C(=O)Nc1ccc2nc(C3CCC3)[nH]c2c1. The van der Waals surface area contributed by atoms with Crippen LogP contribution in [0.1, 0.15) is 37.4 Å². The number of imidazole rings is 1. The van der Waals surface area contributed by atoms with Gasteiger partial charge in [0.25, 0.3) is 0 Å². The highest BCUT2D eigenvalue weighted by atomic mass is 16.4. The number of fused-ring (bicyclic) bond motifs is 1. The summed E-state index contributed by atoms with van der Waals surface area (Å²) in [5.41, 5.74) is 2.48. The van der Waals surface area contributed by atoms with Crippen LogP contribution in [0, 0.1) is 11.8 Å². The molecule has 2 atom stereocenters. The minimum absolute atomic E-state index is 0.217. The maximum absolute atomic E-state index is 12.0. The summed E-state index contributed by atoms with van der Waals surface area (Å²) in [6.07, 6.45) is 4.05. The molecule has 1 heterocycles. The maximum atomic E-state index is 12.0.